The topological polar surface area (TPSA) is 75.7 Å². The fraction of sp³-hybridized carbons (Fsp3) is 0.389. The third-order valence-electron chi connectivity index (χ3n) is 4.04. The number of amides is 1. The molecule has 1 N–H and O–H groups in total. The van der Waals surface area contributed by atoms with Crippen molar-refractivity contribution in [3.63, 3.8) is 0 Å². The number of thiophene rings is 1. The highest BCUT2D eigenvalue weighted by atomic mass is 32.2. The van der Waals surface area contributed by atoms with E-state index in [-0.39, 0.29) is 22.3 Å². The molecule has 0 radical (unpaired) electrons. The summed E-state index contributed by atoms with van der Waals surface area (Å²) in [6.07, 6.45) is 0.818. The average Bonchev–Trinajstić information content (AvgIpc) is 3.15. The standard InChI is InChI=1S/C18H24N2O4S2/c1-5-18(2,3)19-16(21)13-24-15-10-8-14(9-11-15)20(4)26(22,23)17-7-6-12-25-17/h6-12H,5,13H2,1-4H3,(H,19,21). The first-order valence-corrected chi connectivity index (χ1v) is 10.5. The zero-order valence-corrected chi connectivity index (χ0v) is 17.0. The van der Waals surface area contributed by atoms with Gasteiger partial charge in [0.1, 0.15) is 9.96 Å². The van der Waals surface area contributed by atoms with Crippen LogP contribution in [0.3, 0.4) is 0 Å². The summed E-state index contributed by atoms with van der Waals surface area (Å²) in [5.41, 5.74) is 0.241. The van der Waals surface area contributed by atoms with E-state index in [0.29, 0.717) is 11.4 Å². The van der Waals surface area contributed by atoms with Crippen LogP contribution in [0.1, 0.15) is 27.2 Å². The van der Waals surface area contributed by atoms with E-state index in [1.165, 1.54) is 22.7 Å². The van der Waals surface area contributed by atoms with Gasteiger partial charge in [-0.15, -0.1) is 11.3 Å². The maximum atomic E-state index is 12.5. The predicted octanol–water partition coefficient (Wildman–Crippen LogP) is 3.26. The van der Waals surface area contributed by atoms with Crippen molar-refractivity contribution in [3.8, 4) is 5.75 Å². The van der Waals surface area contributed by atoms with Gasteiger partial charge in [0.25, 0.3) is 15.9 Å². The van der Waals surface area contributed by atoms with Crippen molar-refractivity contribution in [3.05, 3.63) is 41.8 Å². The van der Waals surface area contributed by atoms with Crippen molar-refractivity contribution in [1.82, 2.24) is 5.32 Å². The molecule has 0 bridgehead atoms. The molecule has 0 saturated heterocycles. The second-order valence-electron chi connectivity index (χ2n) is 6.47. The highest BCUT2D eigenvalue weighted by molar-refractivity contribution is 7.94. The van der Waals surface area contributed by atoms with Crippen molar-refractivity contribution in [1.29, 1.82) is 0 Å². The Balaban J connectivity index is 1.99. The molecule has 0 atom stereocenters. The van der Waals surface area contributed by atoms with Gasteiger partial charge in [0.15, 0.2) is 6.61 Å². The fourth-order valence-electron chi connectivity index (χ4n) is 2.09. The second kappa shape index (κ2) is 8.09. The van der Waals surface area contributed by atoms with Gasteiger partial charge in [-0.1, -0.05) is 13.0 Å². The molecule has 0 aliphatic heterocycles. The van der Waals surface area contributed by atoms with Crippen LogP contribution in [0.25, 0.3) is 0 Å². The summed E-state index contributed by atoms with van der Waals surface area (Å²) in [6.45, 7) is 5.81. The quantitative estimate of drug-likeness (QED) is 0.743. The first-order valence-electron chi connectivity index (χ1n) is 8.22. The van der Waals surface area contributed by atoms with E-state index in [1.807, 2.05) is 20.8 Å². The minimum Gasteiger partial charge on any atom is -0.484 e. The zero-order valence-electron chi connectivity index (χ0n) is 15.4. The van der Waals surface area contributed by atoms with Crippen LogP contribution in [0.4, 0.5) is 5.69 Å². The van der Waals surface area contributed by atoms with Crippen molar-refractivity contribution in [2.24, 2.45) is 0 Å². The highest BCUT2D eigenvalue weighted by Crippen LogP contribution is 2.26. The average molecular weight is 397 g/mol. The first kappa shape index (κ1) is 20.3. The van der Waals surface area contributed by atoms with Gasteiger partial charge in [0.05, 0.1) is 5.69 Å². The Morgan fingerprint density at radius 1 is 1.23 bits per heavy atom. The molecule has 2 aromatic rings. The molecule has 0 spiro atoms. The third kappa shape index (κ3) is 4.98. The number of hydrogen-bond donors (Lipinski definition) is 1. The van der Waals surface area contributed by atoms with Crippen LogP contribution < -0.4 is 14.4 Å². The number of sulfonamides is 1. The monoisotopic (exact) mass is 396 g/mol. The van der Waals surface area contributed by atoms with Gasteiger partial charge < -0.3 is 10.1 Å². The van der Waals surface area contributed by atoms with Gasteiger partial charge in [0.2, 0.25) is 0 Å². The lowest BCUT2D eigenvalue weighted by Gasteiger charge is -2.24. The van der Waals surface area contributed by atoms with Crippen molar-refractivity contribution >= 4 is 33.0 Å². The fourth-order valence-corrected chi connectivity index (χ4v) is 4.44. The lowest BCUT2D eigenvalue weighted by Crippen LogP contribution is -2.44. The molecule has 6 nitrogen and oxygen atoms in total. The number of carbonyl (C=O) groups is 1. The van der Waals surface area contributed by atoms with Crippen molar-refractivity contribution in [2.45, 2.75) is 36.9 Å². The molecular weight excluding hydrogens is 372 g/mol. The number of ether oxygens (including phenoxy) is 1. The Morgan fingerprint density at radius 3 is 2.42 bits per heavy atom. The highest BCUT2D eigenvalue weighted by Gasteiger charge is 2.22. The largest absolute Gasteiger partial charge is 0.484 e. The number of carbonyl (C=O) groups excluding carboxylic acids is 1. The van der Waals surface area contributed by atoms with E-state index in [2.05, 4.69) is 5.32 Å². The van der Waals surface area contributed by atoms with E-state index in [1.54, 1.807) is 41.8 Å². The van der Waals surface area contributed by atoms with Crippen LogP contribution in [-0.4, -0.2) is 33.5 Å². The third-order valence-corrected chi connectivity index (χ3v) is 7.20. The van der Waals surface area contributed by atoms with E-state index in [0.717, 1.165) is 6.42 Å². The van der Waals surface area contributed by atoms with Gasteiger partial charge in [-0.3, -0.25) is 9.10 Å². The Hall–Kier alpha value is -2.06. The zero-order chi connectivity index (χ0) is 19.4. The molecule has 142 valence electrons. The second-order valence-corrected chi connectivity index (χ2v) is 9.62. The molecule has 0 fully saturated rings. The van der Waals surface area contributed by atoms with Crippen LogP contribution in [0.5, 0.6) is 5.75 Å². The Kier molecular flexibility index (Phi) is 6.30. The smallest absolute Gasteiger partial charge is 0.273 e. The molecule has 0 saturated carbocycles. The number of anilines is 1. The molecule has 8 heteroatoms. The Labute approximate surface area is 158 Å². The normalized spacial score (nSPS) is 11.8. The van der Waals surface area contributed by atoms with E-state index in [4.69, 9.17) is 4.74 Å². The van der Waals surface area contributed by atoms with E-state index in [9.17, 15) is 13.2 Å². The Morgan fingerprint density at radius 2 is 1.88 bits per heavy atom. The first-order chi connectivity index (χ1) is 12.2. The van der Waals surface area contributed by atoms with Gasteiger partial charge in [-0.25, -0.2) is 8.42 Å². The molecule has 1 aromatic heterocycles. The summed E-state index contributed by atoms with van der Waals surface area (Å²) in [7, 11) is -2.06. The van der Waals surface area contributed by atoms with Gasteiger partial charge in [-0.05, 0) is 56.0 Å². The maximum absolute atomic E-state index is 12.5. The van der Waals surface area contributed by atoms with Gasteiger partial charge in [-0.2, -0.15) is 0 Å². The van der Waals surface area contributed by atoms with Crippen LogP contribution in [0.15, 0.2) is 46.0 Å². The number of rotatable bonds is 8. The van der Waals surface area contributed by atoms with Gasteiger partial charge >= 0.3 is 0 Å². The van der Waals surface area contributed by atoms with Crippen LogP contribution >= 0.6 is 11.3 Å². The minimum absolute atomic E-state index is 0.0912. The summed E-state index contributed by atoms with van der Waals surface area (Å²) in [4.78, 5) is 11.9. The lowest BCUT2D eigenvalue weighted by molar-refractivity contribution is -0.124. The predicted molar refractivity (Wildman–Crippen MR) is 104 cm³/mol. The summed E-state index contributed by atoms with van der Waals surface area (Å²) >= 11 is 1.17. The molecular formula is C18H24N2O4S2. The summed E-state index contributed by atoms with van der Waals surface area (Å²) in [5, 5.41) is 4.62. The molecule has 1 aromatic carbocycles. The number of hydrogen-bond acceptors (Lipinski definition) is 5. The summed E-state index contributed by atoms with van der Waals surface area (Å²) in [5.74, 6) is 0.304. The van der Waals surface area contributed by atoms with Gasteiger partial charge in [0, 0.05) is 12.6 Å². The van der Waals surface area contributed by atoms with Crippen LogP contribution in [0, 0.1) is 0 Å². The Bertz CT molecular complexity index is 829. The number of nitrogens with zero attached hydrogens (tertiary/aromatic N) is 1. The van der Waals surface area contributed by atoms with Crippen molar-refractivity contribution in [2.75, 3.05) is 18.0 Å². The SMILES string of the molecule is CCC(C)(C)NC(=O)COc1ccc(N(C)S(=O)(=O)c2cccs2)cc1. The molecule has 0 unspecified atom stereocenters. The molecule has 26 heavy (non-hydrogen) atoms. The van der Waals surface area contributed by atoms with Crippen LogP contribution in [-0.2, 0) is 14.8 Å². The molecule has 1 heterocycles. The summed E-state index contributed by atoms with van der Waals surface area (Å²) in [6, 6.07) is 9.86. The molecule has 0 aliphatic carbocycles. The maximum Gasteiger partial charge on any atom is 0.273 e. The molecule has 1 amide bonds. The number of nitrogens with one attached hydrogen (secondary N) is 1. The van der Waals surface area contributed by atoms with E-state index < -0.39 is 10.0 Å². The molecule has 0 aliphatic rings. The molecule has 2 rings (SSSR count). The van der Waals surface area contributed by atoms with E-state index >= 15 is 0 Å². The van der Waals surface area contributed by atoms with Crippen molar-refractivity contribution < 1.29 is 17.9 Å². The summed E-state index contributed by atoms with van der Waals surface area (Å²) < 4.78 is 32.0. The lowest BCUT2D eigenvalue weighted by atomic mass is 10.0. The number of benzene rings is 1. The van der Waals surface area contributed by atoms with Crippen LogP contribution in [0.2, 0.25) is 0 Å². The minimum atomic E-state index is -3.56.